The number of nitrogens with one attached hydrogen (secondary N) is 1. The summed E-state index contributed by atoms with van der Waals surface area (Å²) in [4.78, 5) is 12.1. The summed E-state index contributed by atoms with van der Waals surface area (Å²) in [6, 6.07) is 16.3. The number of ether oxygens (including phenoxy) is 2. The molecule has 144 valence electrons. The molecule has 1 aliphatic rings. The van der Waals surface area contributed by atoms with Crippen LogP contribution in [0.3, 0.4) is 0 Å². The van der Waals surface area contributed by atoms with Gasteiger partial charge in [-0.1, -0.05) is 18.2 Å². The fourth-order valence-electron chi connectivity index (χ4n) is 2.63. The Morgan fingerprint density at radius 3 is 2.30 bits per heavy atom. The van der Waals surface area contributed by atoms with E-state index in [0.717, 1.165) is 5.75 Å². The van der Waals surface area contributed by atoms with Gasteiger partial charge in [0.15, 0.2) is 0 Å². The number of morpholine rings is 1. The van der Waals surface area contributed by atoms with Crippen molar-refractivity contribution in [3.63, 3.8) is 0 Å². The average molecular weight is 390 g/mol. The van der Waals surface area contributed by atoms with Crippen molar-refractivity contribution in [2.45, 2.75) is 6.42 Å². The molecule has 0 spiro atoms. The van der Waals surface area contributed by atoms with Crippen molar-refractivity contribution in [3.8, 4) is 11.5 Å². The zero-order valence-corrected chi connectivity index (χ0v) is 15.7. The quantitative estimate of drug-likeness (QED) is 0.785. The van der Waals surface area contributed by atoms with Gasteiger partial charge < -0.3 is 14.8 Å². The van der Waals surface area contributed by atoms with E-state index in [1.54, 1.807) is 24.3 Å². The number of rotatable bonds is 7. The van der Waals surface area contributed by atoms with Gasteiger partial charge in [-0.2, -0.15) is 4.31 Å². The number of hydrogen-bond acceptors (Lipinski definition) is 5. The lowest BCUT2D eigenvalue weighted by Gasteiger charge is -2.25. The van der Waals surface area contributed by atoms with Gasteiger partial charge in [0.05, 0.1) is 19.0 Å². The van der Waals surface area contributed by atoms with E-state index in [0.29, 0.717) is 37.7 Å². The molecule has 0 bridgehead atoms. The molecule has 1 fully saturated rings. The molecule has 2 aromatic rings. The lowest BCUT2D eigenvalue weighted by Crippen LogP contribution is -2.42. The van der Waals surface area contributed by atoms with Crippen LogP contribution in [0.25, 0.3) is 0 Å². The van der Waals surface area contributed by atoms with Crippen LogP contribution in [-0.4, -0.2) is 50.7 Å². The topological polar surface area (TPSA) is 84.9 Å². The molecule has 1 saturated heterocycles. The molecule has 8 heteroatoms. The highest BCUT2D eigenvalue weighted by Gasteiger charge is 2.24. The van der Waals surface area contributed by atoms with Crippen LogP contribution >= 0.6 is 0 Å². The van der Waals surface area contributed by atoms with Crippen LogP contribution in [0, 0.1) is 0 Å². The van der Waals surface area contributed by atoms with Crippen molar-refractivity contribution in [2.24, 2.45) is 0 Å². The SMILES string of the molecule is O=C(CCS(=O)(=O)N1CCOCC1)Nc1ccc(Oc2ccccc2)cc1. The Balaban J connectivity index is 1.49. The molecule has 3 rings (SSSR count). The molecule has 0 radical (unpaired) electrons. The van der Waals surface area contributed by atoms with E-state index in [2.05, 4.69) is 5.32 Å². The summed E-state index contributed by atoms with van der Waals surface area (Å²) in [6.07, 6.45) is -0.0953. The standard InChI is InChI=1S/C19H22N2O5S/c22-19(10-15-27(23,24)21-11-13-25-14-12-21)20-16-6-8-18(9-7-16)26-17-4-2-1-3-5-17/h1-9H,10-15H2,(H,20,22). The molecule has 1 amide bonds. The smallest absolute Gasteiger partial charge is 0.225 e. The van der Waals surface area contributed by atoms with Crippen molar-refractivity contribution in [1.29, 1.82) is 0 Å². The van der Waals surface area contributed by atoms with Gasteiger partial charge in [-0.3, -0.25) is 4.79 Å². The first-order valence-electron chi connectivity index (χ1n) is 8.71. The molecular weight excluding hydrogens is 368 g/mol. The minimum atomic E-state index is -3.44. The fourth-order valence-corrected chi connectivity index (χ4v) is 4.04. The van der Waals surface area contributed by atoms with E-state index < -0.39 is 10.0 Å². The van der Waals surface area contributed by atoms with Gasteiger partial charge in [0, 0.05) is 25.2 Å². The van der Waals surface area contributed by atoms with E-state index in [1.165, 1.54) is 4.31 Å². The first-order chi connectivity index (χ1) is 13.0. The van der Waals surface area contributed by atoms with Crippen LogP contribution in [0.5, 0.6) is 11.5 Å². The molecule has 0 atom stereocenters. The number of sulfonamides is 1. The second-order valence-corrected chi connectivity index (χ2v) is 8.15. The first kappa shape index (κ1) is 19.3. The number of carbonyl (C=O) groups is 1. The minimum Gasteiger partial charge on any atom is -0.457 e. The fraction of sp³-hybridized carbons (Fsp3) is 0.316. The number of para-hydroxylation sites is 1. The third kappa shape index (κ3) is 5.78. The molecule has 27 heavy (non-hydrogen) atoms. The van der Waals surface area contributed by atoms with E-state index in [4.69, 9.17) is 9.47 Å². The largest absolute Gasteiger partial charge is 0.457 e. The Morgan fingerprint density at radius 2 is 1.63 bits per heavy atom. The Hall–Kier alpha value is -2.42. The molecule has 1 heterocycles. The predicted molar refractivity (Wildman–Crippen MR) is 102 cm³/mol. The van der Waals surface area contributed by atoms with E-state index in [9.17, 15) is 13.2 Å². The molecule has 1 N–H and O–H groups in total. The monoisotopic (exact) mass is 390 g/mol. The molecule has 0 aromatic heterocycles. The number of amides is 1. The third-order valence-electron chi connectivity index (χ3n) is 4.07. The Bertz CT molecular complexity index is 847. The number of nitrogens with zero attached hydrogens (tertiary/aromatic N) is 1. The number of benzene rings is 2. The summed E-state index contributed by atoms with van der Waals surface area (Å²) < 4.78 is 36.7. The molecule has 0 saturated carbocycles. The Kier molecular flexibility index (Phi) is 6.44. The van der Waals surface area contributed by atoms with E-state index >= 15 is 0 Å². The van der Waals surface area contributed by atoms with Gasteiger partial charge in [-0.05, 0) is 36.4 Å². The average Bonchev–Trinajstić information content (AvgIpc) is 2.70. The molecule has 0 unspecified atom stereocenters. The lowest BCUT2D eigenvalue weighted by molar-refractivity contribution is -0.115. The predicted octanol–water partition coefficient (Wildman–Crippen LogP) is 2.47. The summed E-state index contributed by atoms with van der Waals surface area (Å²) >= 11 is 0. The minimum absolute atomic E-state index is 0.0953. The normalized spacial score (nSPS) is 15.3. The number of anilines is 1. The lowest BCUT2D eigenvalue weighted by atomic mass is 10.3. The number of hydrogen-bond donors (Lipinski definition) is 1. The highest BCUT2D eigenvalue weighted by molar-refractivity contribution is 7.89. The van der Waals surface area contributed by atoms with Crippen molar-refractivity contribution in [1.82, 2.24) is 4.31 Å². The van der Waals surface area contributed by atoms with Crippen LogP contribution in [-0.2, 0) is 19.6 Å². The maximum Gasteiger partial charge on any atom is 0.225 e. The molecule has 1 aliphatic heterocycles. The van der Waals surface area contributed by atoms with Crippen LogP contribution in [0.2, 0.25) is 0 Å². The Labute approximate surface area is 158 Å². The highest BCUT2D eigenvalue weighted by atomic mass is 32.2. The Morgan fingerprint density at radius 1 is 1.00 bits per heavy atom. The summed E-state index contributed by atoms with van der Waals surface area (Å²) in [5.41, 5.74) is 0.587. The van der Waals surface area contributed by atoms with Gasteiger partial charge in [0.25, 0.3) is 0 Å². The molecule has 2 aromatic carbocycles. The third-order valence-corrected chi connectivity index (χ3v) is 5.94. The van der Waals surface area contributed by atoms with Gasteiger partial charge in [0.2, 0.25) is 15.9 Å². The number of carbonyl (C=O) groups excluding carboxylic acids is 1. The van der Waals surface area contributed by atoms with Gasteiger partial charge in [-0.15, -0.1) is 0 Å². The first-order valence-corrected chi connectivity index (χ1v) is 10.3. The van der Waals surface area contributed by atoms with Gasteiger partial charge in [-0.25, -0.2) is 8.42 Å². The van der Waals surface area contributed by atoms with Crippen molar-refractivity contribution < 1.29 is 22.7 Å². The van der Waals surface area contributed by atoms with Crippen molar-refractivity contribution in [3.05, 3.63) is 54.6 Å². The zero-order chi connectivity index (χ0) is 19.1. The summed E-state index contributed by atoms with van der Waals surface area (Å²) in [5.74, 6) is 0.814. The molecule has 7 nitrogen and oxygen atoms in total. The van der Waals surface area contributed by atoms with E-state index in [-0.39, 0.29) is 18.1 Å². The zero-order valence-electron chi connectivity index (χ0n) is 14.8. The second kappa shape index (κ2) is 8.98. The van der Waals surface area contributed by atoms with Gasteiger partial charge >= 0.3 is 0 Å². The van der Waals surface area contributed by atoms with Gasteiger partial charge in [0.1, 0.15) is 11.5 Å². The van der Waals surface area contributed by atoms with Crippen molar-refractivity contribution in [2.75, 3.05) is 37.4 Å². The van der Waals surface area contributed by atoms with Crippen LogP contribution in [0.1, 0.15) is 6.42 Å². The summed E-state index contributed by atoms with van der Waals surface area (Å²) in [5, 5.41) is 2.71. The van der Waals surface area contributed by atoms with Crippen LogP contribution in [0.4, 0.5) is 5.69 Å². The maximum absolute atomic E-state index is 12.2. The molecule has 0 aliphatic carbocycles. The van der Waals surface area contributed by atoms with E-state index in [1.807, 2.05) is 30.3 Å². The van der Waals surface area contributed by atoms with Crippen LogP contribution in [0.15, 0.2) is 54.6 Å². The summed E-state index contributed by atoms with van der Waals surface area (Å²) in [6.45, 7) is 1.46. The second-order valence-electron chi connectivity index (χ2n) is 6.07. The van der Waals surface area contributed by atoms with Crippen LogP contribution < -0.4 is 10.1 Å². The maximum atomic E-state index is 12.2. The van der Waals surface area contributed by atoms with Crippen molar-refractivity contribution >= 4 is 21.6 Å². The summed E-state index contributed by atoms with van der Waals surface area (Å²) in [7, 11) is -3.44. The molecular formula is C19H22N2O5S. The highest BCUT2D eigenvalue weighted by Crippen LogP contribution is 2.22.